The van der Waals surface area contributed by atoms with Crippen molar-refractivity contribution in [1.29, 1.82) is 0 Å². The number of aryl methyl sites for hydroxylation is 1. The van der Waals surface area contributed by atoms with Gasteiger partial charge in [0, 0.05) is 11.7 Å². The minimum absolute atomic E-state index is 0.601. The van der Waals surface area contributed by atoms with Crippen LogP contribution in [0.4, 0.5) is 5.69 Å². The van der Waals surface area contributed by atoms with Crippen molar-refractivity contribution in [2.75, 3.05) is 5.32 Å². The number of anilines is 1. The fourth-order valence-electron chi connectivity index (χ4n) is 3.03. The molecule has 0 saturated heterocycles. The Labute approximate surface area is 119 Å². The van der Waals surface area contributed by atoms with Crippen molar-refractivity contribution in [1.82, 2.24) is 20.2 Å². The summed E-state index contributed by atoms with van der Waals surface area (Å²) in [6, 6.07) is 6.99. The molecule has 1 aliphatic carbocycles. The first-order valence-electron chi connectivity index (χ1n) is 7.37. The fraction of sp³-hybridized carbons (Fsp3) is 0.533. The molecule has 1 aromatic carbocycles. The predicted octanol–water partition coefficient (Wildman–Crippen LogP) is 2.96. The highest BCUT2D eigenvalue weighted by Crippen LogP contribution is 2.30. The van der Waals surface area contributed by atoms with Gasteiger partial charge in [-0.15, -0.1) is 5.10 Å². The number of aromatic nitrogens is 4. The van der Waals surface area contributed by atoms with Crippen molar-refractivity contribution in [2.24, 2.45) is 5.92 Å². The van der Waals surface area contributed by atoms with Gasteiger partial charge >= 0.3 is 0 Å². The molecule has 1 aliphatic rings. The van der Waals surface area contributed by atoms with Gasteiger partial charge in [0.05, 0.1) is 5.69 Å². The Bertz CT molecular complexity index is 564. The molecule has 106 valence electrons. The molecule has 3 rings (SSSR count). The number of nitrogens with zero attached hydrogens (tertiary/aromatic N) is 4. The van der Waals surface area contributed by atoms with E-state index in [2.05, 4.69) is 52.9 Å². The minimum Gasteiger partial charge on any atom is -0.382 e. The molecule has 20 heavy (non-hydrogen) atoms. The summed E-state index contributed by atoms with van der Waals surface area (Å²) in [4.78, 5) is 0. The summed E-state index contributed by atoms with van der Waals surface area (Å²) in [6.07, 6.45) is 6.83. The van der Waals surface area contributed by atoms with Gasteiger partial charge in [-0.1, -0.05) is 19.4 Å². The standard InChI is InChI=1S/C15H21N5/c1-3-12-5-7-13(8-12)17-14-6-4-11(2)15(9-14)20-10-16-18-19-20/h4,6,9-10,12-13,17H,3,5,7-8H2,1-2H3. The summed E-state index contributed by atoms with van der Waals surface area (Å²) in [6.45, 7) is 4.36. The van der Waals surface area contributed by atoms with Crippen LogP contribution in [0.25, 0.3) is 5.69 Å². The lowest BCUT2D eigenvalue weighted by Gasteiger charge is -2.16. The van der Waals surface area contributed by atoms with E-state index >= 15 is 0 Å². The molecule has 1 saturated carbocycles. The van der Waals surface area contributed by atoms with Crippen molar-refractivity contribution >= 4 is 5.69 Å². The molecule has 0 amide bonds. The van der Waals surface area contributed by atoms with Gasteiger partial charge in [-0.25, -0.2) is 4.68 Å². The smallest absolute Gasteiger partial charge is 0.143 e. The van der Waals surface area contributed by atoms with Crippen LogP contribution in [0.3, 0.4) is 0 Å². The third kappa shape index (κ3) is 2.66. The number of rotatable bonds is 4. The van der Waals surface area contributed by atoms with E-state index in [1.807, 2.05) is 0 Å². The molecule has 1 aromatic heterocycles. The van der Waals surface area contributed by atoms with Crippen molar-refractivity contribution in [3.8, 4) is 5.69 Å². The summed E-state index contributed by atoms with van der Waals surface area (Å²) >= 11 is 0. The number of tetrazole rings is 1. The van der Waals surface area contributed by atoms with Crippen LogP contribution in [0, 0.1) is 12.8 Å². The number of hydrogen-bond donors (Lipinski definition) is 1. The summed E-state index contributed by atoms with van der Waals surface area (Å²) < 4.78 is 1.71. The van der Waals surface area contributed by atoms with E-state index in [1.54, 1.807) is 11.0 Å². The molecule has 2 atom stereocenters. The van der Waals surface area contributed by atoms with E-state index in [9.17, 15) is 0 Å². The second kappa shape index (κ2) is 5.61. The summed E-state index contributed by atoms with van der Waals surface area (Å²) in [5, 5.41) is 15.0. The van der Waals surface area contributed by atoms with E-state index in [-0.39, 0.29) is 0 Å². The van der Waals surface area contributed by atoms with Crippen LogP contribution in [-0.2, 0) is 0 Å². The quantitative estimate of drug-likeness (QED) is 0.929. The molecule has 2 unspecified atom stereocenters. The second-order valence-corrected chi connectivity index (χ2v) is 5.68. The van der Waals surface area contributed by atoms with E-state index in [0.29, 0.717) is 6.04 Å². The number of benzene rings is 1. The van der Waals surface area contributed by atoms with E-state index < -0.39 is 0 Å². The molecule has 5 heteroatoms. The van der Waals surface area contributed by atoms with Crippen LogP contribution in [0.15, 0.2) is 24.5 Å². The van der Waals surface area contributed by atoms with Gasteiger partial charge in [0.15, 0.2) is 0 Å². The molecule has 0 bridgehead atoms. The lowest BCUT2D eigenvalue weighted by molar-refractivity contribution is 0.525. The van der Waals surface area contributed by atoms with Crippen LogP contribution in [0.5, 0.6) is 0 Å². The molecule has 0 spiro atoms. The van der Waals surface area contributed by atoms with Gasteiger partial charge in [-0.05, 0) is 60.2 Å². The minimum atomic E-state index is 0.601. The maximum absolute atomic E-state index is 3.97. The van der Waals surface area contributed by atoms with Gasteiger partial charge in [0.2, 0.25) is 0 Å². The van der Waals surface area contributed by atoms with E-state index in [1.165, 1.54) is 31.2 Å². The Morgan fingerprint density at radius 3 is 2.95 bits per heavy atom. The molecular weight excluding hydrogens is 250 g/mol. The zero-order valence-corrected chi connectivity index (χ0v) is 12.1. The lowest BCUT2D eigenvalue weighted by Crippen LogP contribution is -2.15. The summed E-state index contributed by atoms with van der Waals surface area (Å²) in [7, 11) is 0. The first kappa shape index (κ1) is 13.1. The Morgan fingerprint density at radius 1 is 1.35 bits per heavy atom. The van der Waals surface area contributed by atoms with E-state index in [0.717, 1.165) is 17.3 Å². The number of hydrogen-bond acceptors (Lipinski definition) is 4. The first-order valence-corrected chi connectivity index (χ1v) is 7.37. The topological polar surface area (TPSA) is 55.6 Å². The highest BCUT2D eigenvalue weighted by atomic mass is 15.5. The molecule has 0 aliphatic heterocycles. The van der Waals surface area contributed by atoms with Crippen LogP contribution in [-0.4, -0.2) is 26.2 Å². The molecule has 1 heterocycles. The Hall–Kier alpha value is -1.91. The van der Waals surface area contributed by atoms with Gasteiger partial charge in [-0.2, -0.15) is 0 Å². The number of nitrogens with one attached hydrogen (secondary N) is 1. The molecule has 0 radical (unpaired) electrons. The second-order valence-electron chi connectivity index (χ2n) is 5.68. The van der Waals surface area contributed by atoms with Crippen molar-refractivity contribution < 1.29 is 0 Å². The van der Waals surface area contributed by atoms with Crippen LogP contribution >= 0.6 is 0 Å². The molecule has 1 fully saturated rings. The normalized spacial score (nSPS) is 22.1. The summed E-state index contributed by atoms with van der Waals surface area (Å²) in [5.41, 5.74) is 3.36. The largest absolute Gasteiger partial charge is 0.382 e. The van der Waals surface area contributed by atoms with E-state index in [4.69, 9.17) is 0 Å². The maximum Gasteiger partial charge on any atom is 0.143 e. The zero-order chi connectivity index (χ0) is 13.9. The fourth-order valence-corrected chi connectivity index (χ4v) is 3.03. The first-order chi connectivity index (χ1) is 9.76. The van der Waals surface area contributed by atoms with Gasteiger partial charge < -0.3 is 5.32 Å². The highest BCUT2D eigenvalue weighted by Gasteiger charge is 2.23. The van der Waals surface area contributed by atoms with Crippen LogP contribution < -0.4 is 5.32 Å². The van der Waals surface area contributed by atoms with Crippen LogP contribution in [0.2, 0.25) is 0 Å². The van der Waals surface area contributed by atoms with Crippen molar-refractivity contribution in [2.45, 2.75) is 45.6 Å². The zero-order valence-electron chi connectivity index (χ0n) is 12.1. The SMILES string of the molecule is CCC1CCC(Nc2ccc(C)c(-n3cnnn3)c2)C1. The van der Waals surface area contributed by atoms with Gasteiger partial charge in [-0.3, -0.25) is 0 Å². The Kier molecular flexibility index (Phi) is 3.67. The molecule has 2 aromatic rings. The van der Waals surface area contributed by atoms with Crippen LogP contribution in [0.1, 0.15) is 38.2 Å². The lowest BCUT2D eigenvalue weighted by atomic mass is 10.1. The molecule has 1 N–H and O–H groups in total. The Morgan fingerprint density at radius 2 is 2.25 bits per heavy atom. The third-order valence-corrected chi connectivity index (χ3v) is 4.29. The molecular formula is C15H21N5. The highest BCUT2D eigenvalue weighted by molar-refractivity contribution is 5.55. The monoisotopic (exact) mass is 271 g/mol. The molecule has 5 nitrogen and oxygen atoms in total. The van der Waals surface area contributed by atoms with Crippen molar-refractivity contribution in [3.05, 3.63) is 30.1 Å². The van der Waals surface area contributed by atoms with Crippen molar-refractivity contribution in [3.63, 3.8) is 0 Å². The average molecular weight is 271 g/mol. The average Bonchev–Trinajstić information content (AvgIpc) is 3.12. The Balaban J connectivity index is 1.76. The summed E-state index contributed by atoms with van der Waals surface area (Å²) in [5.74, 6) is 0.886. The third-order valence-electron chi connectivity index (χ3n) is 4.29. The van der Waals surface area contributed by atoms with Gasteiger partial charge in [0.1, 0.15) is 6.33 Å². The van der Waals surface area contributed by atoms with Gasteiger partial charge in [0.25, 0.3) is 0 Å². The maximum atomic E-state index is 3.97. The predicted molar refractivity (Wildman–Crippen MR) is 78.9 cm³/mol.